The number of carbonyl (C=O) groups excluding carboxylic acids is 1. The van der Waals surface area contributed by atoms with E-state index in [1.54, 1.807) is 6.07 Å². The van der Waals surface area contributed by atoms with Gasteiger partial charge in [-0.1, -0.05) is 36.7 Å². The number of amides is 1. The van der Waals surface area contributed by atoms with E-state index in [2.05, 4.69) is 15.3 Å². The first-order valence-corrected chi connectivity index (χ1v) is 9.19. The molecule has 27 heavy (non-hydrogen) atoms. The molecule has 0 atom stereocenters. The monoisotopic (exact) mass is 378 g/mol. The maximum absolute atomic E-state index is 13.2. The number of imidazole rings is 1. The van der Waals surface area contributed by atoms with Crippen molar-refractivity contribution < 1.29 is 4.79 Å². The fraction of sp³-hybridized carbons (Fsp3) is 0.190. The molecule has 0 spiro atoms. The molecule has 0 fully saturated rings. The number of hydrogen-bond acceptors (Lipinski definition) is 3. The maximum atomic E-state index is 13.2. The molecule has 2 aromatic carbocycles. The van der Waals surface area contributed by atoms with E-state index in [1.807, 2.05) is 61.9 Å². The van der Waals surface area contributed by atoms with Crippen LogP contribution in [0.15, 0.2) is 42.5 Å². The molecule has 0 saturated heterocycles. The van der Waals surface area contributed by atoms with E-state index in [0.29, 0.717) is 16.5 Å². The standard InChI is InChI=1S/C21H19ClN4O/c1-4-15-12(2)19(14-7-5-6-8-16(14)23-15)20(27)25-21-24-17-11-13(22)9-10-18(17)26(21)3/h5-11H,4H2,1-3H3,(H,24,25,27). The largest absolute Gasteiger partial charge is 0.313 e. The van der Waals surface area contributed by atoms with Gasteiger partial charge < -0.3 is 4.57 Å². The SMILES string of the molecule is CCc1nc2ccccc2c(C(=O)Nc2nc3cc(Cl)ccc3n2C)c1C. The summed E-state index contributed by atoms with van der Waals surface area (Å²) in [5.41, 5.74) is 4.93. The number of pyridine rings is 1. The Kier molecular flexibility index (Phi) is 4.32. The fourth-order valence-electron chi connectivity index (χ4n) is 3.44. The zero-order valence-corrected chi connectivity index (χ0v) is 16.1. The van der Waals surface area contributed by atoms with Crippen LogP contribution in [0.5, 0.6) is 0 Å². The number of hydrogen-bond donors (Lipinski definition) is 1. The van der Waals surface area contributed by atoms with Crippen molar-refractivity contribution in [2.45, 2.75) is 20.3 Å². The van der Waals surface area contributed by atoms with Crippen LogP contribution in [-0.2, 0) is 13.5 Å². The van der Waals surface area contributed by atoms with Crippen LogP contribution in [0.4, 0.5) is 5.95 Å². The zero-order valence-electron chi connectivity index (χ0n) is 15.4. The second kappa shape index (κ2) is 6.67. The van der Waals surface area contributed by atoms with Gasteiger partial charge in [0.05, 0.1) is 22.1 Å². The third-order valence-corrected chi connectivity index (χ3v) is 5.10. The highest BCUT2D eigenvalue weighted by Gasteiger charge is 2.19. The number of benzene rings is 2. The minimum atomic E-state index is -0.190. The average Bonchev–Trinajstić information content (AvgIpc) is 2.95. The third kappa shape index (κ3) is 2.94. The number of fused-ring (bicyclic) bond motifs is 2. The first-order valence-electron chi connectivity index (χ1n) is 8.81. The molecule has 1 N–H and O–H groups in total. The van der Waals surface area contributed by atoms with Gasteiger partial charge in [-0.2, -0.15) is 0 Å². The Morgan fingerprint density at radius 3 is 2.70 bits per heavy atom. The molecule has 2 heterocycles. The summed E-state index contributed by atoms with van der Waals surface area (Å²) >= 11 is 6.06. The third-order valence-electron chi connectivity index (χ3n) is 4.87. The van der Waals surface area contributed by atoms with Gasteiger partial charge in [0, 0.05) is 23.2 Å². The molecule has 6 heteroatoms. The quantitative estimate of drug-likeness (QED) is 0.551. The van der Waals surface area contributed by atoms with Crippen molar-refractivity contribution in [2.75, 3.05) is 5.32 Å². The molecule has 4 aromatic rings. The first-order chi connectivity index (χ1) is 13.0. The highest BCUT2D eigenvalue weighted by atomic mass is 35.5. The number of anilines is 1. The lowest BCUT2D eigenvalue weighted by Gasteiger charge is -2.13. The summed E-state index contributed by atoms with van der Waals surface area (Å²) in [7, 11) is 1.87. The second-order valence-electron chi connectivity index (χ2n) is 6.51. The predicted molar refractivity (Wildman–Crippen MR) is 110 cm³/mol. The van der Waals surface area contributed by atoms with Crippen LogP contribution in [0.25, 0.3) is 21.9 Å². The van der Waals surface area contributed by atoms with Crippen LogP contribution in [-0.4, -0.2) is 20.4 Å². The van der Waals surface area contributed by atoms with E-state index in [1.165, 1.54) is 0 Å². The van der Waals surface area contributed by atoms with Crippen LogP contribution < -0.4 is 5.32 Å². The number of nitrogens with zero attached hydrogens (tertiary/aromatic N) is 3. The maximum Gasteiger partial charge on any atom is 0.258 e. The molecule has 0 saturated carbocycles. The second-order valence-corrected chi connectivity index (χ2v) is 6.95. The summed E-state index contributed by atoms with van der Waals surface area (Å²) in [4.78, 5) is 22.4. The zero-order chi connectivity index (χ0) is 19.1. The van der Waals surface area contributed by atoms with Crippen molar-refractivity contribution in [1.29, 1.82) is 0 Å². The molecule has 0 aliphatic rings. The van der Waals surface area contributed by atoms with Crippen molar-refractivity contribution in [1.82, 2.24) is 14.5 Å². The molecule has 0 aliphatic heterocycles. The minimum absolute atomic E-state index is 0.190. The van der Waals surface area contributed by atoms with Crippen LogP contribution in [0.3, 0.4) is 0 Å². The topological polar surface area (TPSA) is 59.8 Å². The molecule has 0 radical (unpaired) electrons. The lowest BCUT2D eigenvalue weighted by Crippen LogP contribution is -2.18. The van der Waals surface area contributed by atoms with Gasteiger partial charge in [0.15, 0.2) is 0 Å². The number of rotatable bonds is 3. The average molecular weight is 379 g/mol. The van der Waals surface area contributed by atoms with Crippen LogP contribution in [0.2, 0.25) is 5.02 Å². The first kappa shape index (κ1) is 17.5. The summed E-state index contributed by atoms with van der Waals surface area (Å²) in [6.07, 6.45) is 0.766. The van der Waals surface area contributed by atoms with E-state index in [4.69, 9.17) is 11.6 Å². The van der Waals surface area contributed by atoms with Crippen LogP contribution in [0, 0.1) is 6.92 Å². The molecular formula is C21H19ClN4O. The summed E-state index contributed by atoms with van der Waals surface area (Å²) in [6.45, 7) is 3.99. The van der Waals surface area contributed by atoms with E-state index in [0.717, 1.165) is 39.6 Å². The Morgan fingerprint density at radius 2 is 1.93 bits per heavy atom. The van der Waals surface area contributed by atoms with E-state index >= 15 is 0 Å². The van der Waals surface area contributed by atoms with E-state index in [-0.39, 0.29) is 5.91 Å². The van der Waals surface area contributed by atoms with E-state index < -0.39 is 0 Å². The van der Waals surface area contributed by atoms with Crippen molar-refractivity contribution in [3.8, 4) is 0 Å². The van der Waals surface area contributed by atoms with Crippen molar-refractivity contribution in [2.24, 2.45) is 7.05 Å². The molecule has 136 valence electrons. The van der Waals surface area contributed by atoms with Gasteiger partial charge in [-0.05, 0) is 43.2 Å². The Bertz CT molecular complexity index is 1200. The summed E-state index contributed by atoms with van der Waals surface area (Å²) in [6, 6.07) is 13.2. The number of nitrogens with one attached hydrogen (secondary N) is 1. The van der Waals surface area contributed by atoms with Gasteiger partial charge in [-0.15, -0.1) is 0 Å². The Morgan fingerprint density at radius 1 is 1.15 bits per heavy atom. The van der Waals surface area contributed by atoms with Gasteiger partial charge in [0.25, 0.3) is 5.91 Å². The Balaban J connectivity index is 1.82. The molecule has 2 aromatic heterocycles. The molecular weight excluding hydrogens is 360 g/mol. The number of halogens is 1. The normalized spacial score (nSPS) is 11.3. The lowest BCUT2D eigenvalue weighted by molar-refractivity contribution is 0.102. The summed E-state index contributed by atoms with van der Waals surface area (Å²) in [5.74, 6) is 0.293. The highest BCUT2D eigenvalue weighted by molar-refractivity contribution is 6.31. The molecule has 4 rings (SSSR count). The number of aryl methyl sites for hydroxylation is 2. The summed E-state index contributed by atoms with van der Waals surface area (Å²) in [5, 5.41) is 4.41. The predicted octanol–water partition coefficient (Wildman–Crippen LogP) is 4.90. The number of carbonyl (C=O) groups is 1. The molecule has 0 bridgehead atoms. The van der Waals surface area contributed by atoms with Crippen molar-refractivity contribution in [3.05, 3.63) is 64.3 Å². The fourth-order valence-corrected chi connectivity index (χ4v) is 3.61. The molecule has 0 unspecified atom stereocenters. The molecule has 1 amide bonds. The summed E-state index contributed by atoms with van der Waals surface area (Å²) < 4.78 is 1.85. The minimum Gasteiger partial charge on any atom is -0.313 e. The van der Waals surface area contributed by atoms with Gasteiger partial charge in [-0.3, -0.25) is 15.1 Å². The molecule has 5 nitrogen and oxygen atoms in total. The Hall–Kier alpha value is -2.92. The van der Waals surface area contributed by atoms with Crippen molar-refractivity contribution in [3.63, 3.8) is 0 Å². The number of para-hydroxylation sites is 1. The van der Waals surface area contributed by atoms with E-state index in [9.17, 15) is 4.79 Å². The smallest absolute Gasteiger partial charge is 0.258 e. The lowest BCUT2D eigenvalue weighted by atomic mass is 9.99. The number of aromatic nitrogens is 3. The van der Waals surface area contributed by atoms with Crippen molar-refractivity contribution >= 4 is 45.4 Å². The van der Waals surface area contributed by atoms with Gasteiger partial charge in [-0.25, -0.2) is 4.98 Å². The van der Waals surface area contributed by atoms with Gasteiger partial charge in [0.2, 0.25) is 5.95 Å². The highest BCUT2D eigenvalue weighted by Crippen LogP contribution is 2.26. The molecule has 0 aliphatic carbocycles. The Labute approximate surface area is 162 Å². The van der Waals surface area contributed by atoms with Crippen LogP contribution >= 0.6 is 11.6 Å². The van der Waals surface area contributed by atoms with Gasteiger partial charge in [0.1, 0.15) is 0 Å². The van der Waals surface area contributed by atoms with Gasteiger partial charge >= 0.3 is 0 Å². The van der Waals surface area contributed by atoms with Crippen LogP contribution in [0.1, 0.15) is 28.5 Å².